The average molecular weight is 685 g/mol. The number of nitrogens with one attached hydrogen (secondary N) is 1. The number of nitrogens with zero attached hydrogens (tertiary/aromatic N) is 8. The van der Waals surface area contributed by atoms with Crippen molar-refractivity contribution in [3.8, 4) is 28.7 Å². The normalized spacial score (nSPS) is 13.7. The number of benzene rings is 2. The summed E-state index contributed by atoms with van der Waals surface area (Å²) in [6.45, 7) is 5.55. The van der Waals surface area contributed by atoms with Gasteiger partial charge in [-0.2, -0.15) is 18.2 Å². The summed E-state index contributed by atoms with van der Waals surface area (Å²) in [6.07, 6.45) is 1.19. The summed E-state index contributed by atoms with van der Waals surface area (Å²) >= 11 is 0. The van der Waals surface area contributed by atoms with E-state index in [4.69, 9.17) is 15.5 Å². The Kier molecular flexibility index (Phi) is 9.32. The maximum atomic E-state index is 13.6. The molecule has 0 saturated heterocycles. The van der Waals surface area contributed by atoms with Gasteiger partial charge in [-0.3, -0.25) is 4.79 Å². The Bertz CT molecular complexity index is 2040. The molecule has 15 heteroatoms. The lowest BCUT2D eigenvalue weighted by atomic mass is 9.97. The number of amides is 1. The maximum Gasteiger partial charge on any atom is 0.434 e. The van der Waals surface area contributed by atoms with Crippen LogP contribution in [0, 0.1) is 5.41 Å². The molecule has 50 heavy (non-hydrogen) atoms. The summed E-state index contributed by atoms with van der Waals surface area (Å²) < 4.78 is 47.7. The SMILES string of the molecule is COc1ncnc(C2CC2)c1-c1ncnc(N(Cc2ccc(-c3nc(C(F)(F)F)cn3C(C)C)cc2)C(C)C(=N)c2ccccc2C(N)=O)n1. The summed E-state index contributed by atoms with van der Waals surface area (Å²) in [5.74, 6) is 0.608. The zero-order chi connectivity index (χ0) is 35.7. The van der Waals surface area contributed by atoms with Gasteiger partial charge in [0.2, 0.25) is 17.7 Å². The van der Waals surface area contributed by atoms with Crippen molar-refractivity contribution in [1.82, 2.24) is 34.5 Å². The van der Waals surface area contributed by atoms with Gasteiger partial charge in [-0.1, -0.05) is 42.5 Å². The minimum atomic E-state index is -4.58. The number of hydrogen-bond acceptors (Lipinski definition) is 10. The highest BCUT2D eigenvalue weighted by molar-refractivity contribution is 6.11. The van der Waals surface area contributed by atoms with Crippen LogP contribution >= 0.6 is 0 Å². The molecule has 1 aliphatic rings. The van der Waals surface area contributed by atoms with E-state index in [2.05, 4.69) is 24.9 Å². The third kappa shape index (κ3) is 6.88. The highest BCUT2D eigenvalue weighted by atomic mass is 19.4. The second-order valence-corrected chi connectivity index (χ2v) is 12.3. The van der Waals surface area contributed by atoms with Crippen LogP contribution in [0.15, 0.2) is 67.4 Å². The molecular weight excluding hydrogens is 649 g/mol. The minimum absolute atomic E-state index is 0.0934. The molecule has 0 spiro atoms. The van der Waals surface area contributed by atoms with Gasteiger partial charge in [0.25, 0.3) is 0 Å². The molecule has 1 atom stereocenters. The van der Waals surface area contributed by atoms with Crippen molar-refractivity contribution in [2.75, 3.05) is 12.0 Å². The fraction of sp³-hybridized carbons (Fsp3) is 0.314. The summed E-state index contributed by atoms with van der Waals surface area (Å²) in [5, 5.41) is 9.20. The Morgan fingerprint density at radius 3 is 2.30 bits per heavy atom. The fourth-order valence-corrected chi connectivity index (χ4v) is 5.75. The topological polar surface area (TPSA) is 162 Å². The molecule has 12 nitrogen and oxygen atoms in total. The van der Waals surface area contributed by atoms with Crippen molar-refractivity contribution in [2.24, 2.45) is 5.73 Å². The average Bonchev–Trinajstić information content (AvgIpc) is 3.85. The van der Waals surface area contributed by atoms with E-state index in [1.54, 1.807) is 74.2 Å². The zero-order valence-electron chi connectivity index (χ0n) is 27.8. The van der Waals surface area contributed by atoms with Gasteiger partial charge in [-0.15, -0.1) is 0 Å². The molecule has 0 aliphatic heterocycles. The van der Waals surface area contributed by atoms with E-state index in [1.165, 1.54) is 24.3 Å². The third-order valence-corrected chi connectivity index (χ3v) is 8.55. The van der Waals surface area contributed by atoms with E-state index >= 15 is 0 Å². The maximum absolute atomic E-state index is 13.6. The van der Waals surface area contributed by atoms with Crippen LogP contribution in [0.1, 0.15) is 78.4 Å². The van der Waals surface area contributed by atoms with Gasteiger partial charge in [0, 0.05) is 41.4 Å². The first-order valence-corrected chi connectivity index (χ1v) is 15.9. The first-order chi connectivity index (χ1) is 23.9. The molecule has 1 unspecified atom stereocenters. The van der Waals surface area contributed by atoms with E-state index in [0.717, 1.165) is 30.3 Å². The first-order valence-electron chi connectivity index (χ1n) is 15.9. The van der Waals surface area contributed by atoms with Gasteiger partial charge in [0.15, 0.2) is 11.5 Å². The number of ether oxygens (including phenoxy) is 1. The van der Waals surface area contributed by atoms with Crippen molar-refractivity contribution >= 4 is 17.6 Å². The molecule has 5 aromatic rings. The predicted octanol–water partition coefficient (Wildman–Crippen LogP) is 6.24. The van der Waals surface area contributed by atoms with Crippen LogP contribution < -0.4 is 15.4 Å². The minimum Gasteiger partial charge on any atom is -0.480 e. The molecule has 3 N–H and O–H groups in total. The number of imidazole rings is 1. The van der Waals surface area contributed by atoms with E-state index < -0.39 is 23.8 Å². The Morgan fingerprint density at radius 2 is 1.68 bits per heavy atom. The predicted molar refractivity (Wildman–Crippen MR) is 180 cm³/mol. The number of alkyl halides is 3. The monoisotopic (exact) mass is 684 g/mol. The Labute approximate surface area is 286 Å². The number of aromatic nitrogens is 7. The van der Waals surface area contributed by atoms with Crippen LogP contribution in [0.2, 0.25) is 0 Å². The third-order valence-electron chi connectivity index (χ3n) is 8.55. The van der Waals surface area contributed by atoms with Gasteiger partial charge >= 0.3 is 6.18 Å². The molecule has 1 aliphatic carbocycles. The number of nitrogens with two attached hydrogens (primary N) is 1. The number of anilines is 1. The van der Waals surface area contributed by atoms with E-state index in [0.29, 0.717) is 28.4 Å². The molecule has 1 amide bonds. The Balaban J connectivity index is 1.40. The summed E-state index contributed by atoms with van der Waals surface area (Å²) in [7, 11) is 1.51. The van der Waals surface area contributed by atoms with Crippen LogP contribution in [-0.2, 0) is 12.7 Å². The molecule has 6 rings (SSSR count). The second kappa shape index (κ2) is 13.6. The van der Waals surface area contributed by atoms with Gasteiger partial charge in [-0.25, -0.2) is 24.9 Å². The zero-order valence-corrected chi connectivity index (χ0v) is 27.8. The van der Waals surface area contributed by atoms with Crippen molar-refractivity contribution in [1.29, 1.82) is 5.41 Å². The highest BCUT2D eigenvalue weighted by Gasteiger charge is 2.36. The highest BCUT2D eigenvalue weighted by Crippen LogP contribution is 2.45. The molecule has 1 saturated carbocycles. The lowest BCUT2D eigenvalue weighted by Crippen LogP contribution is -2.40. The van der Waals surface area contributed by atoms with Crippen LogP contribution in [-0.4, -0.2) is 59.2 Å². The van der Waals surface area contributed by atoms with Gasteiger partial charge in [0.05, 0.1) is 24.6 Å². The summed E-state index contributed by atoms with van der Waals surface area (Å²) in [4.78, 5) is 40.6. The first kappa shape index (κ1) is 34.1. The van der Waals surface area contributed by atoms with Crippen LogP contribution in [0.5, 0.6) is 5.88 Å². The lowest BCUT2D eigenvalue weighted by molar-refractivity contribution is -0.140. The molecule has 1 fully saturated rings. The largest absolute Gasteiger partial charge is 0.480 e. The lowest BCUT2D eigenvalue weighted by Gasteiger charge is -2.30. The van der Waals surface area contributed by atoms with Gasteiger partial charge < -0.3 is 25.3 Å². The molecule has 2 aromatic carbocycles. The number of methoxy groups -OCH3 is 1. The molecule has 0 bridgehead atoms. The summed E-state index contributed by atoms with van der Waals surface area (Å²) in [6, 6.07) is 12.6. The van der Waals surface area contributed by atoms with Crippen molar-refractivity contribution in [3.63, 3.8) is 0 Å². The quantitative estimate of drug-likeness (QED) is 0.145. The van der Waals surface area contributed by atoms with Crippen LogP contribution in [0.3, 0.4) is 0 Å². The molecule has 258 valence electrons. The van der Waals surface area contributed by atoms with E-state index in [-0.39, 0.29) is 41.6 Å². The molecule has 3 heterocycles. The smallest absolute Gasteiger partial charge is 0.434 e. The molecule has 0 radical (unpaired) electrons. The Hall–Kier alpha value is -5.73. The van der Waals surface area contributed by atoms with Gasteiger partial charge in [-0.05, 0) is 45.2 Å². The van der Waals surface area contributed by atoms with Gasteiger partial charge in [0.1, 0.15) is 24.0 Å². The number of hydrogen-bond donors (Lipinski definition) is 2. The van der Waals surface area contributed by atoms with Crippen molar-refractivity contribution < 1.29 is 22.7 Å². The Morgan fingerprint density at radius 1 is 1.00 bits per heavy atom. The molecular formula is C35H35F3N10O2. The van der Waals surface area contributed by atoms with E-state index in [9.17, 15) is 23.4 Å². The van der Waals surface area contributed by atoms with Crippen LogP contribution in [0.25, 0.3) is 22.8 Å². The van der Waals surface area contributed by atoms with Crippen LogP contribution in [0.4, 0.5) is 19.1 Å². The second-order valence-electron chi connectivity index (χ2n) is 12.3. The molecule has 3 aromatic heterocycles. The number of carbonyl (C=O) groups excluding carboxylic acids is 1. The van der Waals surface area contributed by atoms with E-state index in [1.807, 2.05) is 0 Å². The van der Waals surface area contributed by atoms with Crippen molar-refractivity contribution in [2.45, 2.75) is 64.3 Å². The summed E-state index contributed by atoms with van der Waals surface area (Å²) in [5.41, 5.74) is 7.94. The number of carbonyl (C=O) groups is 1. The number of halogens is 3. The standard InChI is InChI=1S/C35H35F3N10O2/c1-19(2)47-16-26(35(36,37)38)45-32(47)23-11-9-21(10-12-23)15-48(20(3)28(39)24-7-5-6-8-25(24)30(40)49)34-44-18-42-31(46-34)27-29(22-13-14-22)41-17-43-33(27)50-4/h5-12,16-20,22,39H,13-15H2,1-4H3,(H2,40,49). The number of rotatable bonds is 12. The van der Waals surface area contributed by atoms with Crippen molar-refractivity contribution in [3.05, 3.63) is 95.5 Å². The number of primary amides is 1. The fourth-order valence-electron chi connectivity index (χ4n) is 5.75.